The summed E-state index contributed by atoms with van der Waals surface area (Å²) in [5, 5.41) is 7.53. The van der Waals surface area contributed by atoms with Crippen molar-refractivity contribution in [2.24, 2.45) is 5.92 Å². The molecule has 0 saturated carbocycles. The van der Waals surface area contributed by atoms with Crippen LogP contribution in [0.1, 0.15) is 40.5 Å². The molecule has 1 unspecified atom stereocenters. The summed E-state index contributed by atoms with van der Waals surface area (Å²) in [4.78, 5) is 72.8. The lowest BCUT2D eigenvalue weighted by molar-refractivity contribution is -0.146. The van der Waals surface area contributed by atoms with Gasteiger partial charge in [-0.15, -0.1) is 0 Å². The topological polar surface area (TPSA) is 162 Å². The Bertz CT molecular complexity index is 1030. The molecule has 1 aromatic rings. The number of carbonyl (C=O) groups is 5. The van der Waals surface area contributed by atoms with Gasteiger partial charge >= 0.3 is 11.9 Å². The normalized spacial score (nSPS) is 12.5. The molecule has 1 rings (SSSR count). The predicted octanol–water partition coefficient (Wildman–Crippen LogP) is 0.505. The van der Waals surface area contributed by atoms with Gasteiger partial charge in [0.15, 0.2) is 0 Å². The van der Waals surface area contributed by atoms with Crippen LogP contribution in [0.3, 0.4) is 0 Å². The number of nitrogens with zero attached hydrogens (tertiary/aromatic N) is 1. The molecule has 3 amide bonds. The average molecular weight is 507 g/mol. The van der Waals surface area contributed by atoms with Crippen molar-refractivity contribution in [2.45, 2.75) is 59.2 Å². The molecule has 2 atom stereocenters. The highest BCUT2D eigenvalue weighted by Gasteiger charge is 2.25. The molecule has 0 aliphatic rings. The maximum Gasteiger partial charge on any atom is 0.330 e. The van der Waals surface area contributed by atoms with Crippen LogP contribution in [0.5, 0.6) is 0 Å². The Morgan fingerprint density at radius 1 is 1.14 bits per heavy atom. The van der Waals surface area contributed by atoms with Gasteiger partial charge < -0.3 is 30.0 Å². The number of hydrogen-bond acceptors (Lipinski definition) is 8. The minimum atomic E-state index is -0.974. The van der Waals surface area contributed by atoms with Crippen molar-refractivity contribution in [2.75, 3.05) is 19.0 Å². The first-order valence-electron chi connectivity index (χ1n) is 11.5. The molecule has 0 spiro atoms. The summed E-state index contributed by atoms with van der Waals surface area (Å²) in [5.74, 6) is -3.03. The molecule has 0 fully saturated rings. The van der Waals surface area contributed by atoms with E-state index in [0.29, 0.717) is 0 Å². The van der Waals surface area contributed by atoms with Gasteiger partial charge in [0.25, 0.3) is 5.56 Å². The molecule has 0 aliphatic heterocycles. The average Bonchev–Trinajstić information content (AvgIpc) is 2.81. The number of anilines is 1. The van der Waals surface area contributed by atoms with Crippen molar-refractivity contribution in [3.05, 3.63) is 40.8 Å². The van der Waals surface area contributed by atoms with Gasteiger partial charge in [-0.1, -0.05) is 19.9 Å². The summed E-state index contributed by atoms with van der Waals surface area (Å²) in [5.41, 5.74) is -0.745. The Morgan fingerprint density at radius 3 is 2.42 bits per heavy atom. The van der Waals surface area contributed by atoms with E-state index in [1.54, 1.807) is 20.8 Å². The Morgan fingerprint density at radius 2 is 1.83 bits per heavy atom. The maximum atomic E-state index is 12.8. The fourth-order valence-electron chi connectivity index (χ4n) is 3.12. The second-order valence-electron chi connectivity index (χ2n) is 8.14. The number of hydrogen-bond donors (Lipinski definition) is 3. The minimum absolute atomic E-state index is 0.0962. The Hall–Kier alpha value is -3.96. The van der Waals surface area contributed by atoms with Gasteiger partial charge in [-0.25, -0.2) is 9.59 Å². The third-order valence-electron chi connectivity index (χ3n) is 4.89. The van der Waals surface area contributed by atoms with Crippen LogP contribution in [-0.2, 0) is 40.0 Å². The second kappa shape index (κ2) is 15.1. The first-order valence-corrected chi connectivity index (χ1v) is 11.5. The van der Waals surface area contributed by atoms with E-state index in [9.17, 15) is 28.8 Å². The molecule has 1 heterocycles. The number of pyridine rings is 1. The zero-order valence-corrected chi connectivity index (χ0v) is 21.2. The summed E-state index contributed by atoms with van der Waals surface area (Å²) < 4.78 is 10.5. The molecular formula is C24H34N4O8. The van der Waals surface area contributed by atoms with Gasteiger partial charge in [0.05, 0.1) is 13.7 Å². The van der Waals surface area contributed by atoms with Crippen molar-refractivity contribution < 1.29 is 33.4 Å². The van der Waals surface area contributed by atoms with Crippen LogP contribution in [0.25, 0.3) is 0 Å². The molecular weight excluding hydrogens is 472 g/mol. The molecule has 1 aromatic heterocycles. The lowest BCUT2D eigenvalue weighted by Crippen LogP contribution is -2.47. The standard InChI is InChI=1S/C24H34N4O8/c1-6-36-20(31)12-8-7-10-17(25-16(4)29)22(32)26-18-11-9-13-28(23(18)33)14-19(30)27-21(15(2)3)24(34)35-5/h8-9,11-13,15,17,21H,6-7,10,14H2,1-5H3,(H,25,29)(H,26,32)(H,27,30)/b12-8+/t17?,21-/m0/s1. The quantitative estimate of drug-likeness (QED) is 0.257. The SMILES string of the molecule is CCOC(=O)/C=C/CCC(NC(C)=O)C(=O)Nc1cccn(CC(=O)N[C@H](C(=O)OC)C(C)C)c1=O. The highest BCUT2D eigenvalue weighted by molar-refractivity contribution is 5.96. The third kappa shape index (κ3) is 10.1. The molecule has 0 aromatic carbocycles. The van der Waals surface area contributed by atoms with Crippen molar-refractivity contribution in [1.29, 1.82) is 0 Å². The Balaban J connectivity index is 2.91. The maximum absolute atomic E-state index is 12.8. The number of carbonyl (C=O) groups excluding carboxylic acids is 5. The van der Waals surface area contributed by atoms with Crippen LogP contribution >= 0.6 is 0 Å². The van der Waals surface area contributed by atoms with Crippen molar-refractivity contribution in [1.82, 2.24) is 15.2 Å². The molecule has 0 bridgehead atoms. The fraction of sp³-hybridized carbons (Fsp3) is 0.500. The highest BCUT2D eigenvalue weighted by Crippen LogP contribution is 2.06. The van der Waals surface area contributed by atoms with Crippen LogP contribution in [0.2, 0.25) is 0 Å². The molecule has 198 valence electrons. The molecule has 0 aliphatic carbocycles. The van der Waals surface area contributed by atoms with Gasteiger partial charge in [-0.05, 0) is 37.8 Å². The van der Waals surface area contributed by atoms with E-state index in [1.807, 2.05) is 0 Å². The smallest absolute Gasteiger partial charge is 0.330 e. The van der Waals surface area contributed by atoms with E-state index in [-0.39, 0.29) is 31.1 Å². The monoisotopic (exact) mass is 506 g/mol. The fourth-order valence-corrected chi connectivity index (χ4v) is 3.12. The number of allylic oxidation sites excluding steroid dienone is 1. The molecule has 0 saturated heterocycles. The van der Waals surface area contributed by atoms with Gasteiger partial charge in [-0.3, -0.25) is 19.2 Å². The summed E-state index contributed by atoms with van der Waals surface area (Å²) >= 11 is 0. The number of ether oxygens (including phenoxy) is 2. The largest absolute Gasteiger partial charge is 0.467 e. The van der Waals surface area contributed by atoms with Crippen LogP contribution in [0, 0.1) is 5.92 Å². The van der Waals surface area contributed by atoms with Gasteiger partial charge in [0.1, 0.15) is 24.3 Å². The Labute approximate surface area is 209 Å². The first kappa shape index (κ1) is 30.1. The first-order chi connectivity index (χ1) is 17.0. The van der Waals surface area contributed by atoms with E-state index in [1.165, 1.54) is 44.5 Å². The van der Waals surface area contributed by atoms with Gasteiger partial charge in [-0.2, -0.15) is 0 Å². The number of aromatic nitrogens is 1. The van der Waals surface area contributed by atoms with Crippen LogP contribution < -0.4 is 21.5 Å². The second-order valence-corrected chi connectivity index (χ2v) is 8.14. The molecule has 36 heavy (non-hydrogen) atoms. The lowest BCUT2D eigenvalue weighted by atomic mass is 10.0. The third-order valence-corrected chi connectivity index (χ3v) is 4.89. The highest BCUT2D eigenvalue weighted by atomic mass is 16.5. The van der Waals surface area contributed by atoms with E-state index in [2.05, 4.69) is 16.0 Å². The van der Waals surface area contributed by atoms with Crippen LogP contribution in [-0.4, -0.2) is 60.0 Å². The number of rotatable bonds is 13. The van der Waals surface area contributed by atoms with Crippen molar-refractivity contribution >= 4 is 35.3 Å². The van der Waals surface area contributed by atoms with Crippen molar-refractivity contribution in [3.8, 4) is 0 Å². The summed E-state index contributed by atoms with van der Waals surface area (Å²) in [6.07, 6.45) is 4.57. The predicted molar refractivity (Wildman–Crippen MR) is 131 cm³/mol. The molecule has 12 nitrogen and oxygen atoms in total. The lowest BCUT2D eigenvalue weighted by Gasteiger charge is -2.20. The van der Waals surface area contributed by atoms with Gasteiger partial charge in [0.2, 0.25) is 17.7 Å². The number of esters is 2. The molecule has 3 N–H and O–H groups in total. The molecule has 0 radical (unpaired) electrons. The van der Waals surface area contributed by atoms with E-state index in [4.69, 9.17) is 9.47 Å². The summed E-state index contributed by atoms with van der Waals surface area (Å²) in [6.45, 7) is 6.25. The van der Waals surface area contributed by atoms with Crippen molar-refractivity contribution in [3.63, 3.8) is 0 Å². The minimum Gasteiger partial charge on any atom is -0.467 e. The summed E-state index contributed by atoms with van der Waals surface area (Å²) in [7, 11) is 1.21. The van der Waals surface area contributed by atoms with E-state index >= 15 is 0 Å². The van der Waals surface area contributed by atoms with Crippen LogP contribution in [0.4, 0.5) is 5.69 Å². The zero-order valence-electron chi connectivity index (χ0n) is 21.2. The number of nitrogens with one attached hydrogen (secondary N) is 3. The Kier molecular flexibility index (Phi) is 12.6. The van der Waals surface area contributed by atoms with Crippen LogP contribution in [0.15, 0.2) is 35.3 Å². The number of methoxy groups -OCH3 is 1. The summed E-state index contributed by atoms with van der Waals surface area (Å²) in [6, 6.07) is 0.987. The number of amides is 3. The van der Waals surface area contributed by atoms with E-state index in [0.717, 1.165) is 4.57 Å². The zero-order chi connectivity index (χ0) is 27.3. The molecule has 12 heteroatoms. The van der Waals surface area contributed by atoms with Gasteiger partial charge in [0, 0.05) is 19.2 Å². The van der Waals surface area contributed by atoms with E-state index < -0.39 is 53.8 Å².